The lowest BCUT2D eigenvalue weighted by Gasteiger charge is -2.26. The van der Waals surface area contributed by atoms with Gasteiger partial charge in [-0.2, -0.15) is 0 Å². The molecule has 2 rings (SSSR count). The molecule has 1 saturated heterocycles. The number of nitrogens with zero attached hydrogens (tertiary/aromatic N) is 1. The summed E-state index contributed by atoms with van der Waals surface area (Å²) >= 11 is 0. The topological polar surface area (TPSA) is 50.5 Å². The first-order valence-corrected chi connectivity index (χ1v) is 6.69. The number of hydrogen-bond donors (Lipinski definition) is 2. The maximum absolute atomic E-state index is 5.78. The van der Waals surface area contributed by atoms with Gasteiger partial charge in [-0.15, -0.1) is 0 Å². The van der Waals surface area contributed by atoms with Crippen molar-refractivity contribution < 1.29 is 4.74 Å². The van der Waals surface area contributed by atoms with Gasteiger partial charge in [-0.05, 0) is 38.1 Å². The molecular weight excluding hydrogens is 226 g/mol. The van der Waals surface area contributed by atoms with E-state index in [0.717, 1.165) is 24.5 Å². The van der Waals surface area contributed by atoms with E-state index in [1.54, 1.807) is 7.11 Å². The van der Waals surface area contributed by atoms with Crippen LogP contribution in [-0.2, 0) is 0 Å². The number of nitrogens with one attached hydrogen (secondary N) is 1. The smallest absolute Gasteiger partial charge is 0.143 e. The molecule has 1 fully saturated rings. The molecule has 100 valence electrons. The number of anilines is 2. The quantitative estimate of drug-likeness (QED) is 0.785. The third kappa shape index (κ3) is 3.53. The second kappa shape index (κ2) is 6.50. The maximum atomic E-state index is 5.78. The largest absolute Gasteiger partial charge is 0.495 e. The second-order valence-electron chi connectivity index (χ2n) is 4.79. The van der Waals surface area contributed by atoms with Gasteiger partial charge in [0, 0.05) is 24.8 Å². The molecule has 0 radical (unpaired) electrons. The van der Waals surface area contributed by atoms with Crippen molar-refractivity contribution in [3.63, 3.8) is 0 Å². The van der Waals surface area contributed by atoms with E-state index in [-0.39, 0.29) is 0 Å². The Labute approximate surface area is 109 Å². The van der Waals surface area contributed by atoms with Gasteiger partial charge in [-0.1, -0.05) is 6.42 Å². The molecule has 18 heavy (non-hydrogen) atoms. The molecule has 0 saturated carbocycles. The zero-order chi connectivity index (χ0) is 12.8. The van der Waals surface area contributed by atoms with Gasteiger partial charge < -0.3 is 20.7 Å². The standard InChI is InChI=1S/C14H23N3O/c1-18-14-11-12(5-6-13(14)15)16-7-10-17-8-3-2-4-9-17/h5-6,11,16H,2-4,7-10,15H2,1H3. The minimum atomic E-state index is 0.680. The third-order valence-electron chi connectivity index (χ3n) is 3.44. The third-order valence-corrected chi connectivity index (χ3v) is 3.44. The Bertz CT molecular complexity index is 375. The zero-order valence-electron chi connectivity index (χ0n) is 11.1. The number of nitrogens with two attached hydrogens (primary N) is 1. The monoisotopic (exact) mass is 249 g/mol. The number of piperidine rings is 1. The lowest BCUT2D eigenvalue weighted by molar-refractivity contribution is 0.237. The van der Waals surface area contributed by atoms with E-state index in [0.29, 0.717) is 5.69 Å². The van der Waals surface area contributed by atoms with Crippen LogP contribution in [0.3, 0.4) is 0 Å². The van der Waals surface area contributed by atoms with Gasteiger partial charge in [0.2, 0.25) is 0 Å². The molecule has 0 aliphatic carbocycles. The molecule has 1 aromatic rings. The molecule has 0 atom stereocenters. The van der Waals surface area contributed by atoms with Gasteiger partial charge in [-0.3, -0.25) is 0 Å². The van der Waals surface area contributed by atoms with Crippen LogP contribution in [0.2, 0.25) is 0 Å². The van der Waals surface area contributed by atoms with E-state index in [1.807, 2.05) is 18.2 Å². The molecule has 1 aliphatic rings. The van der Waals surface area contributed by atoms with Gasteiger partial charge in [0.15, 0.2) is 0 Å². The Morgan fingerprint density at radius 3 is 2.78 bits per heavy atom. The van der Waals surface area contributed by atoms with Crippen LogP contribution in [0.5, 0.6) is 5.75 Å². The van der Waals surface area contributed by atoms with Gasteiger partial charge in [0.25, 0.3) is 0 Å². The predicted molar refractivity (Wildman–Crippen MR) is 76.2 cm³/mol. The normalized spacial score (nSPS) is 16.5. The van der Waals surface area contributed by atoms with E-state index >= 15 is 0 Å². The summed E-state index contributed by atoms with van der Waals surface area (Å²) in [6.07, 6.45) is 4.07. The van der Waals surface area contributed by atoms with E-state index in [9.17, 15) is 0 Å². The highest BCUT2D eigenvalue weighted by atomic mass is 16.5. The first-order valence-electron chi connectivity index (χ1n) is 6.69. The van der Waals surface area contributed by atoms with E-state index in [1.165, 1.54) is 32.4 Å². The molecule has 3 N–H and O–H groups in total. The molecule has 0 spiro atoms. The Morgan fingerprint density at radius 2 is 2.06 bits per heavy atom. The molecule has 4 heteroatoms. The highest BCUT2D eigenvalue weighted by Gasteiger charge is 2.09. The van der Waals surface area contributed by atoms with Crippen molar-refractivity contribution in [1.82, 2.24) is 4.90 Å². The SMILES string of the molecule is COc1cc(NCCN2CCCCC2)ccc1N. The minimum Gasteiger partial charge on any atom is -0.495 e. The molecule has 0 unspecified atom stereocenters. The number of nitrogen functional groups attached to an aromatic ring is 1. The molecule has 0 amide bonds. The number of ether oxygens (including phenoxy) is 1. The summed E-state index contributed by atoms with van der Waals surface area (Å²) in [6.45, 7) is 4.55. The van der Waals surface area contributed by atoms with Gasteiger partial charge in [-0.25, -0.2) is 0 Å². The van der Waals surface area contributed by atoms with Gasteiger partial charge in [0.05, 0.1) is 12.8 Å². The Kier molecular flexibility index (Phi) is 4.70. The van der Waals surface area contributed by atoms with Crippen LogP contribution in [-0.4, -0.2) is 38.2 Å². The molecule has 1 aromatic carbocycles. The van der Waals surface area contributed by atoms with Gasteiger partial charge >= 0.3 is 0 Å². The first kappa shape index (κ1) is 13.0. The summed E-state index contributed by atoms with van der Waals surface area (Å²) in [6, 6.07) is 5.82. The average molecular weight is 249 g/mol. The zero-order valence-corrected chi connectivity index (χ0v) is 11.1. The van der Waals surface area contributed by atoms with Crippen molar-refractivity contribution in [1.29, 1.82) is 0 Å². The van der Waals surface area contributed by atoms with E-state index < -0.39 is 0 Å². The van der Waals surface area contributed by atoms with Crippen LogP contribution in [0.25, 0.3) is 0 Å². The second-order valence-corrected chi connectivity index (χ2v) is 4.79. The summed E-state index contributed by atoms with van der Waals surface area (Å²) in [5, 5.41) is 3.42. The predicted octanol–water partition coefficient (Wildman–Crippen LogP) is 2.18. The highest BCUT2D eigenvalue weighted by Crippen LogP contribution is 2.24. The molecule has 4 nitrogen and oxygen atoms in total. The summed E-state index contributed by atoms with van der Waals surface area (Å²) in [5.41, 5.74) is 7.53. The van der Waals surface area contributed by atoms with Crippen LogP contribution in [0, 0.1) is 0 Å². The van der Waals surface area contributed by atoms with E-state index in [2.05, 4.69) is 10.2 Å². The van der Waals surface area contributed by atoms with Crippen LogP contribution in [0.1, 0.15) is 19.3 Å². The van der Waals surface area contributed by atoms with Crippen molar-refractivity contribution in [2.75, 3.05) is 44.3 Å². The highest BCUT2D eigenvalue weighted by molar-refractivity contribution is 5.61. The van der Waals surface area contributed by atoms with E-state index in [4.69, 9.17) is 10.5 Å². The van der Waals surface area contributed by atoms with Crippen molar-refractivity contribution >= 4 is 11.4 Å². The summed E-state index contributed by atoms with van der Waals surface area (Å²) in [7, 11) is 1.64. The van der Waals surface area contributed by atoms with Crippen molar-refractivity contribution in [2.45, 2.75) is 19.3 Å². The van der Waals surface area contributed by atoms with Crippen LogP contribution in [0.15, 0.2) is 18.2 Å². The summed E-state index contributed by atoms with van der Waals surface area (Å²) in [5.74, 6) is 0.734. The fraction of sp³-hybridized carbons (Fsp3) is 0.571. The van der Waals surface area contributed by atoms with Crippen molar-refractivity contribution in [3.8, 4) is 5.75 Å². The minimum absolute atomic E-state index is 0.680. The maximum Gasteiger partial charge on any atom is 0.143 e. The fourth-order valence-electron chi connectivity index (χ4n) is 2.36. The number of methoxy groups -OCH3 is 1. The first-order chi connectivity index (χ1) is 8.79. The van der Waals surface area contributed by atoms with Crippen LogP contribution in [0.4, 0.5) is 11.4 Å². The summed E-state index contributed by atoms with van der Waals surface area (Å²) in [4.78, 5) is 2.52. The number of likely N-dealkylation sites (tertiary alicyclic amines) is 1. The Hall–Kier alpha value is -1.42. The molecule has 0 bridgehead atoms. The molecule has 1 heterocycles. The van der Waals surface area contributed by atoms with Crippen molar-refractivity contribution in [3.05, 3.63) is 18.2 Å². The Morgan fingerprint density at radius 1 is 1.28 bits per heavy atom. The van der Waals surface area contributed by atoms with Crippen LogP contribution >= 0.6 is 0 Å². The van der Waals surface area contributed by atoms with Crippen LogP contribution < -0.4 is 15.8 Å². The lowest BCUT2D eigenvalue weighted by Crippen LogP contribution is -2.33. The number of benzene rings is 1. The molecule has 0 aromatic heterocycles. The van der Waals surface area contributed by atoms with Gasteiger partial charge in [0.1, 0.15) is 5.75 Å². The Balaban J connectivity index is 1.79. The summed E-state index contributed by atoms with van der Waals surface area (Å²) < 4.78 is 5.21. The average Bonchev–Trinajstić information content (AvgIpc) is 2.42. The molecule has 1 aliphatic heterocycles. The lowest BCUT2D eigenvalue weighted by atomic mass is 10.1. The number of rotatable bonds is 5. The fourth-order valence-corrected chi connectivity index (χ4v) is 2.36. The number of hydrogen-bond acceptors (Lipinski definition) is 4. The van der Waals surface area contributed by atoms with Crippen molar-refractivity contribution in [2.24, 2.45) is 0 Å². The molecular formula is C14H23N3O.